The molecule has 1 N–H and O–H groups in total. The van der Waals surface area contributed by atoms with Crippen molar-refractivity contribution in [2.75, 3.05) is 0 Å². The molecule has 0 fully saturated rings. The topological polar surface area (TPSA) is 86.2 Å². The maximum atomic E-state index is 11.9. The maximum absolute atomic E-state index is 11.9. The Hall–Kier alpha value is -2.57. The van der Waals surface area contributed by atoms with Gasteiger partial charge in [0.05, 0.1) is 25.6 Å². The van der Waals surface area contributed by atoms with Crippen molar-refractivity contribution < 1.29 is 5.11 Å². The Morgan fingerprint density at radius 3 is 1.72 bits per heavy atom. The van der Waals surface area contributed by atoms with Gasteiger partial charge in [0.2, 0.25) is 0 Å². The molecule has 0 spiro atoms. The lowest BCUT2D eigenvalue weighted by atomic mass is 10.5. The minimum absolute atomic E-state index is 0.0334. The normalized spacial score (nSPS) is 10.7. The Kier molecular flexibility index (Phi) is 4.25. The number of allylic oxidation sites excluding steroid dienone is 2. The number of nitrogens with zero attached hydrogens (tertiary/aromatic N) is 3. The van der Waals surface area contributed by atoms with E-state index in [-0.39, 0.29) is 13.1 Å². The van der Waals surface area contributed by atoms with Crippen molar-refractivity contribution in [1.29, 1.82) is 0 Å². The highest BCUT2D eigenvalue weighted by atomic mass is 16.2. The molecule has 0 bridgehead atoms. The molecule has 1 aromatic heterocycles. The van der Waals surface area contributed by atoms with Crippen LogP contribution in [0.3, 0.4) is 0 Å². The fourth-order valence-corrected chi connectivity index (χ4v) is 1.42. The van der Waals surface area contributed by atoms with Crippen LogP contribution in [-0.4, -0.2) is 18.8 Å². The molecule has 0 atom stereocenters. The van der Waals surface area contributed by atoms with Crippen molar-refractivity contribution in [1.82, 2.24) is 13.7 Å². The first-order chi connectivity index (χ1) is 8.58. The van der Waals surface area contributed by atoms with Gasteiger partial charge in [-0.1, -0.05) is 12.2 Å². The molecule has 0 saturated carbocycles. The summed E-state index contributed by atoms with van der Waals surface area (Å²) in [5, 5.41) is 8.66. The summed E-state index contributed by atoms with van der Waals surface area (Å²) >= 11 is 0. The maximum Gasteiger partial charge on any atom is 0.340 e. The zero-order valence-corrected chi connectivity index (χ0v) is 9.65. The van der Waals surface area contributed by atoms with Gasteiger partial charge >= 0.3 is 17.1 Å². The average molecular weight is 251 g/mol. The molecule has 7 nitrogen and oxygen atoms in total. The van der Waals surface area contributed by atoms with Crippen LogP contribution in [0.25, 0.3) is 6.20 Å². The summed E-state index contributed by atoms with van der Waals surface area (Å²) in [5.41, 5.74) is -2.42. The van der Waals surface area contributed by atoms with Crippen LogP contribution in [0.4, 0.5) is 0 Å². The molecule has 0 aliphatic rings. The number of rotatable bonds is 5. The molecule has 0 aromatic carbocycles. The van der Waals surface area contributed by atoms with E-state index in [9.17, 15) is 14.4 Å². The van der Waals surface area contributed by atoms with Crippen LogP contribution in [-0.2, 0) is 13.1 Å². The minimum Gasteiger partial charge on any atom is -0.514 e. The standard InChI is InChI=1S/C11H13N3O4/c1-3-5-12-9(16)13(6-4-2)11(18)14(7-8-15)10(12)17/h3-4,7-8,15H,1-2,5-6H2. The number of hydrogen-bond acceptors (Lipinski definition) is 4. The van der Waals surface area contributed by atoms with Crippen LogP contribution in [0.5, 0.6) is 0 Å². The third kappa shape index (κ3) is 2.24. The highest BCUT2D eigenvalue weighted by molar-refractivity contribution is 5.16. The van der Waals surface area contributed by atoms with E-state index >= 15 is 0 Å². The molecule has 7 heteroatoms. The van der Waals surface area contributed by atoms with E-state index in [1.54, 1.807) is 0 Å². The van der Waals surface area contributed by atoms with Gasteiger partial charge in [-0.15, -0.1) is 13.2 Å². The zero-order valence-electron chi connectivity index (χ0n) is 9.65. The molecular weight excluding hydrogens is 238 g/mol. The fraction of sp³-hybridized carbons (Fsp3) is 0.182. The Balaban J connectivity index is 3.81. The lowest BCUT2D eigenvalue weighted by molar-refractivity contribution is 0.472. The fourth-order valence-electron chi connectivity index (χ4n) is 1.42. The van der Waals surface area contributed by atoms with Gasteiger partial charge in [-0.05, 0) is 0 Å². The van der Waals surface area contributed by atoms with E-state index in [2.05, 4.69) is 13.2 Å². The van der Waals surface area contributed by atoms with Crippen molar-refractivity contribution in [2.45, 2.75) is 13.1 Å². The van der Waals surface area contributed by atoms with Crippen LogP contribution in [0.15, 0.2) is 46.0 Å². The summed E-state index contributed by atoms with van der Waals surface area (Å²) in [6, 6.07) is 0. The van der Waals surface area contributed by atoms with Crippen LogP contribution >= 0.6 is 0 Å². The molecular formula is C11H13N3O4. The number of aliphatic hydroxyl groups excluding tert-OH is 1. The molecule has 0 radical (unpaired) electrons. The summed E-state index contributed by atoms with van der Waals surface area (Å²) in [7, 11) is 0. The molecule has 1 aromatic rings. The van der Waals surface area contributed by atoms with Gasteiger partial charge in [0.15, 0.2) is 0 Å². The summed E-state index contributed by atoms with van der Waals surface area (Å²) in [6.45, 7) is 6.79. The number of hydrogen-bond donors (Lipinski definition) is 1. The second-order valence-electron chi connectivity index (χ2n) is 3.31. The van der Waals surface area contributed by atoms with E-state index < -0.39 is 17.1 Å². The zero-order chi connectivity index (χ0) is 13.7. The number of aliphatic hydroxyl groups is 1. The summed E-state index contributed by atoms with van der Waals surface area (Å²) < 4.78 is 2.30. The Morgan fingerprint density at radius 2 is 1.39 bits per heavy atom. The van der Waals surface area contributed by atoms with Gasteiger partial charge in [-0.2, -0.15) is 0 Å². The van der Waals surface area contributed by atoms with Crippen LogP contribution in [0.1, 0.15) is 0 Å². The summed E-state index contributed by atoms with van der Waals surface area (Å²) in [5.74, 6) is 0. The van der Waals surface area contributed by atoms with Crippen LogP contribution < -0.4 is 17.1 Å². The van der Waals surface area contributed by atoms with Crippen molar-refractivity contribution in [2.24, 2.45) is 0 Å². The van der Waals surface area contributed by atoms with Crippen LogP contribution in [0.2, 0.25) is 0 Å². The van der Waals surface area contributed by atoms with Crippen molar-refractivity contribution in [3.05, 3.63) is 63.0 Å². The summed E-state index contributed by atoms with van der Waals surface area (Å²) in [4.78, 5) is 35.5. The highest BCUT2D eigenvalue weighted by Gasteiger charge is 2.12. The molecule has 1 rings (SSSR count). The number of aromatic nitrogens is 3. The van der Waals surface area contributed by atoms with Crippen molar-refractivity contribution >= 4 is 6.20 Å². The van der Waals surface area contributed by atoms with E-state index in [4.69, 9.17) is 5.11 Å². The van der Waals surface area contributed by atoms with E-state index in [1.165, 1.54) is 12.2 Å². The molecule has 1 heterocycles. The Labute approximate surface area is 102 Å². The Morgan fingerprint density at radius 1 is 0.944 bits per heavy atom. The molecule has 18 heavy (non-hydrogen) atoms. The lowest BCUT2D eigenvalue weighted by Gasteiger charge is -2.08. The second-order valence-corrected chi connectivity index (χ2v) is 3.31. The first kappa shape index (κ1) is 13.5. The second kappa shape index (κ2) is 5.67. The molecule has 0 unspecified atom stereocenters. The minimum atomic E-state index is -0.837. The molecule has 96 valence electrons. The average Bonchev–Trinajstić information content (AvgIpc) is 2.35. The van der Waals surface area contributed by atoms with Gasteiger partial charge in [-0.3, -0.25) is 0 Å². The molecule has 0 aliphatic carbocycles. The third-order valence-electron chi connectivity index (χ3n) is 2.17. The lowest BCUT2D eigenvalue weighted by Crippen LogP contribution is -2.53. The smallest absolute Gasteiger partial charge is 0.340 e. The first-order valence-electron chi connectivity index (χ1n) is 5.07. The molecule has 0 amide bonds. The SMILES string of the molecule is C=CCn1c(=O)n(C=CO)c(=O)n(CC=C)c1=O. The van der Waals surface area contributed by atoms with Crippen molar-refractivity contribution in [3.63, 3.8) is 0 Å². The largest absolute Gasteiger partial charge is 0.514 e. The van der Waals surface area contributed by atoms with Crippen molar-refractivity contribution in [3.8, 4) is 0 Å². The first-order valence-corrected chi connectivity index (χ1v) is 5.07. The van der Waals surface area contributed by atoms with E-state index in [0.29, 0.717) is 10.8 Å². The predicted molar refractivity (Wildman–Crippen MR) is 67.6 cm³/mol. The third-order valence-corrected chi connectivity index (χ3v) is 2.17. The highest BCUT2D eigenvalue weighted by Crippen LogP contribution is 1.79. The molecule has 0 saturated heterocycles. The quantitative estimate of drug-likeness (QED) is 0.566. The van der Waals surface area contributed by atoms with Gasteiger partial charge in [0.25, 0.3) is 0 Å². The monoisotopic (exact) mass is 251 g/mol. The van der Waals surface area contributed by atoms with Gasteiger partial charge in [0.1, 0.15) is 0 Å². The molecule has 0 aliphatic heterocycles. The predicted octanol–water partition coefficient (Wildman–Crippen LogP) is -0.470. The Bertz CT molecular complexity index is 612. The van der Waals surface area contributed by atoms with Gasteiger partial charge < -0.3 is 5.11 Å². The van der Waals surface area contributed by atoms with Gasteiger partial charge in [-0.25, -0.2) is 28.1 Å². The summed E-state index contributed by atoms with van der Waals surface area (Å²) in [6.07, 6.45) is 4.14. The van der Waals surface area contributed by atoms with Crippen LogP contribution in [0, 0.1) is 0 Å². The van der Waals surface area contributed by atoms with Gasteiger partial charge in [0, 0.05) is 0 Å². The van der Waals surface area contributed by atoms with E-state index in [1.807, 2.05) is 0 Å². The van der Waals surface area contributed by atoms with E-state index in [0.717, 1.165) is 15.3 Å².